The van der Waals surface area contributed by atoms with Crippen LogP contribution in [0.5, 0.6) is 11.5 Å². The molecule has 1 amide bonds. The van der Waals surface area contributed by atoms with Crippen molar-refractivity contribution in [1.29, 1.82) is 0 Å². The number of anilines is 1. The maximum absolute atomic E-state index is 12.5. The van der Waals surface area contributed by atoms with Gasteiger partial charge < -0.3 is 19.2 Å². The van der Waals surface area contributed by atoms with Gasteiger partial charge in [-0.2, -0.15) is 0 Å². The van der Waals surface area contributed by atoms with Crippen molar-refractivity contribution in [3.8, 4) is 11.5 Å². The number of nitro benzene ring substituents is 1. The fraction of sp³-hybridized carbons (Fsp3) is 0.190. The highest BCUT2D eigenvalue weighted by atomic mass is 35.5. The summed E-state index contributed by atoms with van der Waals surface area (Å²) in [6.45, 7) is 0.946. The number of hydrogen-bond donors (Lipinski definition) is 1. The molecule has 0 aliphatic carbocycles. The number of nitrogens with zero attached hydrogens (tertiary/aromatic N) is 1. The standard InChI is InChI=1S/C21H17ClF2N2O6/c1-12-6-13(22)2-4-18(12)31-10-16-3-5-19(32-16)21(27)25-14-7-15(26(28)29)9-17(8-14)30-11-20(23)24/h2-9,20H,10-11H2,1H3,(H,25,27). The van der Waals surface area contributed by atoms with Gasteiger partial charge in [-0.3, -0.25) is 14.9 Å². The van der Waals surface area contributed by atoms with Crippen LogP contribution in [0.1, 0.15) is 21.9 Å². The zero-order valence-electron chi connectivity index (χ0n) is 16.6. The second-order valence-corrected chi connectivity index (χ2v) is 7.03. The maximum Gasteiger partial charge on any atom is 0.291 e. The average Bonchev–Trinajstić information content (AvgIpc) is 3.20. The summed E-state index contributed by atoms with van der Waals surface area (Å²) in [6, 6.07) is 11.4. The zero-order chi connectivity index (χ0) is 23.3. The van der Waals surface area contributed by atoms with Crippen LogP contribution in [-0.4, -0.2) is 23.9 Å². The molecule has 32 heavy (non-hydrogen) atoms. The quantitative estimate of drug-likeness (QED) is 0.324. The lowest BCUT2D eigenvalue weighted by Gasteiger charge is -2.09. The van der Waals surface area contributed by atoms with E-state index in [0.29, 0.717) is 16.5 Å². The summed E-state index contributed by atoms with van der Waals surface area (Å²) >= 11 is 5.91. The summed E-state index contributed by atoms with van der Waals surface area (Å²) in [6.07, 6.45) is -2.76. The number of furan rings is 1. The first kappa shape index (κ1) is 23.0. The Hall–Kier alpha value is -3.66. The van der Waals surface area contributed by atoms with E-state index in [0.717, 1.165) is 17.7 Å². The second-order valence-electron chi connectivity index (χ2n) is 6.59. The number of benzene rings is 2. The smallest absolute Gasteiger partial charge is 0.291 e. The highest BCUT2D eigenvalue weighted by Gasteiger charge is 2.17. The van der Waals surface area contributed by atoms with Crippen molar-refractivity contribution in [2.75, 3.05) is 11.9 Å². The highest BCUT2D eigenvalue weighted by Crippen LogP contribution is 2.27. The van der Waals surface area contributed by atoms with E-state index in [1.807, 2.05) is 6.92 Å². The molecule has 1 N–H and O–H groups in total. The van der Waals surface area contributed by atoms with Gasteiger partial charge in [-0.15, -0.1) is 0 Å². The van der Waals surface area contributed by atoms with Gasteiger partial charge in [-0.25, -0.2) is 8.78 Å². The lowest BCUT2D eigenvalue weighted by molar-refractivity contribution is -0.384. The Morgan fingerprint density at radius 1 is 1.19 bits per heavy atom. The Morgan fingerprint density at radius 3 is 2.66 bits per heavy atom. The van der Waals surface area contributed by atoms with Crippen molar-refractivity contribution in [1.82, 2.24) is 0 Å². The van der Waals surface area contributed by atoms with Gasteiger partial charge in [0.15, 0.2) is 5.76 Å². The normalized spacial score (nSPS) is 10.8. The van der Waals surface area contributed by atoms with Crippen LogP contribution in [0.3, 0.4) is 0 Å². The highest BCUT2D eigenvalue weighted by molar-refractivity contribution is 6.30. The number of nitro groups is 1. The third kappa shape index (κ3) is 6.17. The fourth-order valence-corrected chi connectivity index (χ4v) is 2.92. The van der Waals surface area contributed by atoms with Gasteiger partial charge >= 0.3 is 0 Å². The maximum atomic E-state index is 12.5. The van der Waals surface area contributed by atoms with E-state index in [1.54, 1.807) is 24.3 Å². The molecule has 0 saturated heterocycles. The molecule has 3 aromatic rings. The molecule has 168 valence electrons. The molecule has 2 aromatic carbocycles. The molecule has 11 heteroatoms. The number of amides is 1. The summed E-state index contributed by atoms with van der Waals surface area (Å²) in [5.41, 5.74) is 0.385. The Bertz CT molecular complexity index is 1140. The van der Waals surface area contributed by atoms with Crippen LogP contribution < -0.4 is 14.8 Å². The Morgan fingerprint density at radius 2 is 1.97 bits per heavy atom. The van der Waals surface area contributed by atoms with E-state index in [-0.39, 0.29) is 23.8 Å². The van der Waals surface area contributed by atoms with Crippen LogP contribution in [0.4, 0.5) is 20.2 Å². The average molecular weight is 467 g/mol. The number of nitrogens with one attached hydrogen (secondary N) is 1. The molecule has 0 aliphatic rings. The van der Waals surface area contributed by atoms with Crippen molar-refractivity contribution in [3.63, 3.8) is 0 Å². The first-order valence-corrected chi connectivity index (χ1v) is 9.58. The van der Waals surface area contributed by atoms with E-state index in [9.17, 15) is 23.7 Å². The predicted octanol–water partition coefficient (Wildman–Crippen LogP) is 5.62. The van der Waals surface area contributed by atoms with Crippen molar-refractivity contribution in [3.05, 3.63) is 80.8 Å². The molecule has 8 nitrogen and oxygen atoms in total. The monoisotopic (exact) mass is 466 g/mol. The van der Waals surface area contributed by atoms with Gasteiger partial charge in [0.2, 0.25) is 0 Å². The van der Waals surface area contributed by atoms with E-state index >= 15 is 0 Å². The number of non-ortho nitro benzene ring substituents is 1. The molecular weight excluding hydrogens is 450 g/mol. The second kappa shape index (κ2) is 10.1. The number of aryl methyl sites for hydroxylation is 1. The summed E-state index contributed by atoms with van der Waals surface area (Å²) < 4.78 is 40.7. The molecule has 3 rings (SSSR count). The number of hydrogen-bond acceptors (Lipinski definition) is 6. The van der Waals surface area contributed by atoms with Gasteiger partial charge in [-0.05, 0) is 42.8 Å². The first-order chi connectivity index (χ1) is 15.2. The number of rotatable bonds is 9. The van der Waals surface area contributed by atoms with Crippen LogP contribution >= 0.6 is 11.6 Å². The van der Waals surface area contributed by atoms with Crippen LogP contribution in [0.15, 0.2) is 52.9 Å². The Balaban J connectivity index is 1.68. The Kier molecular flexibility index (Phi) is 7.26. The molecule has 0 saturated carbocycles. The Labute approximate surface area is 185 Å². The van der Waals surface area contributed by atoms with E-state index in [1.165, 1.54) is 12.1 Å². The summed E-state index contributed by atoms with van der Waals surface area (Å²) in [5.74, 6) is 0.0214. The van der Waals surface area contributed by atoms with Crippen LogP contribution in [0, 0.1) is 17.0 Å². The van der Waals surface area contributed by atoms with Gasteiger partial charge in [0.1, 0.15) is 30.5 Å². The molecular formula is C21H17ClF2N2O6. The van der Waals surface area contributed by atoms with Crippen LogP contribution in [0.2, 0.25) is 5.02 Å². The predicted molar refractivity (Wildman–Crippen MR) is 112 cm³/mol. The van der Waals surface area contributed by atoms with Crippen molar-refractivity contribution in [2.24, 2.45) is 0 Å². The minimum Gasteiger partial charge on any atom is -0.487 e. The lowest BCUT2D eigenvalue weighted by atomic mass is 10.2. The van der Waals surface area contributed by atoms with Gasteiger partial charge in [0, 0.05) is 17.2 Å². The number of carbonyl (C=O) groups is 1. The molecule has 1 heterocycles. The lowest BCUT2D eigenvalue weighted by Crippen LogP contribution is -2.12. The topological polar surface area (TPSA) is 104 Å². The summed E-state index contributed by atoms with van der Waals surface area (Å²) in [4.78, 5) is 22.8. The van der Waals surface area contributed by atoms with Gasteiger partial charge in [0.25, 0.3) is 18.0 Å². The molecule has 0 unspecified atom stereocenters. The molecule has 0 fully saturated rings. The summed E-state index contributed by atoms with van der Waals surface area (Å²) in [7, 11) is 0. The zero-order valence-corrected chi connectivity index (χ0v) is 17.4. The molecule has 0 bridgehead atoms. The third-order valence-corrected chi connectivity index (χ3v) is 4.36. The van der Waals surface area contributed by atoms with Crippen LogP contribution in [0.25, 0.3) is 0 Å². The minimum atomic E-state index is -2.76. The molecule has 0 aliphatic heterocycles. The molecule has 0 spiro atoms. The molecule has 0 radical (unpaired) electrons. The van der Waals surface area contributed by atoms with E-state index in [2.05, 4.69) is 5.32 Å². The number of carbonyl (C=O) groups excluding carboxylic acids is 1. The van der Waals surface area contributed by atoms with E-state index in [4.69, 9.17) is 25.5 Å². The number of alkyl halides is 2. The largest absolute Gasteiger partial charge is 0.487 e. The third-order valence-electron chi connectivity index (χ3n) is 4.13. The number of halogens is 3. The first-order valence-electron chi connectivity index (χ1n) is 9.20. The molecule has 0 atom stereocenters. The SMILES string of the molecule is Cc1cc(Cl)ccc1OCc1ccc(C(=O)Nc2cc(OCC(F)F)cc([N+](=O)[O-])c2)o1. The van der Waals surface area contributed by atoms with Gasteiger partial charge in [0.05, 0.1) is 16.7 Å². The fourth-order valence-electron chi connectivity index (χ4n) is 2.70. The summed E-state index contributed by atoms with van der Waals surface area (Å²) in [5, 5.41) is 14.1. The molecule has 1 aromatic heterocycles. The van der Waals surface area contributed by atoms with Crippen molar-refractivity contribution >= 4 is 28.9 Å². The van der Waals surface area contributed by atoms with Crippen molar-refractivity contribution < 1.29 is 32.4 Å². The minimum absolute atomic E-state index is 0.0144. The van der Waals surface area contributed by atoms with Crippen molar-refractivity contribution in [2.45, 2.75) is 20.0 Å². The van der Waals surface area contributed by atoms with E-state index < -0.39 is 29.6 Å². The number of ether oxygens (including phenoxy) is 2. The van der Waals surface area contributed by atoms with Crippen LogP contribution in [-0.2, 0) is 6.61 Å². The van der Waals surface area contributed by atoms with Gasteiger partial charge in [-0.1, -0.05) is 11.6 Å².